The van der Waals surface area contributed by atoms with Crippen molar-refractivity contribution in [2.75, 3.05) is 7.11 Å². The van der Waals surface area contributed by atoms with Crippen LogP contribution in [0.1, 0.15) is 39.7 Å². The number of methoxy groups -OCH3 is 1. The molecule has 0 radical (unpaired) electrons. The number of hydrogen-bond donors (Lipinski definition) is 2. The summed E-state index contributed by atoms with van der Waals surface area (Å²) in [4.78, 5) is 4.61. The summed E-state index contributed by atoms with van der Waals surface area (Å²) in [6.07, 6.45) is 1.000. The highest BCUT2D eigenvalue weighted by Gasteiger charge is 2.53. The summed E-state index contributed by atoms with van der Waals surface area (Å²) in [5.74, 6) is 1.44. The van der Waals surface area contributed by atoms with E-state index in [1.807, 2.05) is 18.2 Å². The maximum Gasteiger partial charge on any atom is 0.189 e. The van der Waals surface area contributed by atoms with Crippen molar-refractivity contribution >= 4 is 5.96 Å². The van der Waals surface area contributed by atoms with E-state index < -0.39 is 0 Å². The maximum atomic E-state index is 5.98. The maximum absolute atomic E-state index is 5.98. The number of hydrogen-bond acceptors (Lipinski definition) is 2. The number of nitrogens with two attached hydrogens (primary N) is 1. The molecule has 0 bridgehead atoms. The first kappa shape index (κ1) is 14.7. The molecule has 3 N–H and O–H groups in total. The molecular weight excluding hydrogens is 250 g/mol. The van der Waals surface area contributed by atoms with E-state index in [2.05, 4.69) is 44.1 Å². The van der Waals surface area contributed by atoms with Gasteiger partial charge in [0.15, 0.2) is 5.96 Å². The van der Waals surface area contributed by atoms with E-state index in [4.69, 9.17) is 10.5 Å². The molecule has 2 rings (SSSR count). The summed E-state index contributed by atoms with van der Waals surface area (Å²) in [7, 11) is 1.71. The van der Waals surface area contributed by atoms with Crippen molar-refractivity contribution in [3.05, 3.63) is 29.8 Å². The van der Waals surface area contributed by atoms with E-state index in [1.165, 1.54) is 5.56 Å². The Bertz CT molecular complexity index is 519. The molecule has 0 spiro atoms. The third-order valence-electron chi connectivity index (χ3n) is 3.71. The molecular formula is C16H25N3O. The predicted octanol–water partition coefficient (Wildman–Crippen LogP) is 2.43. The zero-order valence-corrected chi connectivity index (χ0v) is 13.0. The van der Waals surface area contributed by atoms with Crippen molar-refractivity contribution in [3.63, 3.8) is 0 Å². The second kappa shape index (κ2) is 5.00. The third kappa shape index (κ3) is 3.06. The lowest BCUT2D eigenvalue weighted by molar-refractivity contribution is 0.405. The van der Waals surface area contributed by atoms with Crippen molar-refractivity contribution in [1.29, 1.82) is 0 Å². The number of guanidine groups is 1. The quantitative estimate of drug-likeness (QED) is 0.658. The minimum absolute atomic E-state index is 0.0246. The zero-order valence-electron chi connectivity index (χ0n) is 13.0. The lowest BCUT2D eigenvalue weighted by Gasteiger charge is -2.21. The van der Waals surface area contributed by atoms with Gasteiger partial charge in [0, 0.05) is 16.5 Å². The van der Waals surface area contributed by atoms with E-state index in [1.54, 1.807) is 7.11 Å². The number of rotatable bonds is 3. The fourth-order valence-electron chi connectivity index (χ4n) is 2.52. The average Bonchev–Trinajstić information content (AvgIpc) is 2.98. The van der Waals surface area contributed by atoms with E-state index in [-0.39, 0.29) is 17.0 Å². The van der Waals surface area contributed by atoms with Gasteiger partial charge in [0.25, 0.3) is 0 Å². The molecule has 1 fully saturated rings. The number of para-hydroxylation sites is 1. The van der Waals surface area contributed by atoms with Gasteiger partial charge in [0.1, 0.15) is 5.75 Å². The van der Waals surface area contributed by atoms with Crippen LogP contribution >= 0.6 is 0 Å². The fourth-order valence-corrected chi connectivity index (χ4v) is 2.52. The van der Waals surface area contributed by atoms with Gasteiger partial charge in [-0.25, -0.2) is 4.99 Å². The summed E-state index contributed by atoms with van der Waals surface area (Å²) in [6.45, 7) is 8.43. The second-order valence-electron chi connectivity index (χ2n) is 6.73. The monoisotopic (exact) mass is 275 g/mol. The highest BCUT2D eigenvalue weighted by Crippen LogP contribution is 2.52. The Labute approximate surface area is 121 Å². The largest absolute Gasteiger partial charge is 0.496 e. The van der Waals surface area contributed by atoms with Crippen molar-refractivity contribution in [2.45, 2.75) is 51.1 Å². The number of benzene rings is 1. The predicted molar refractivity (Wildman–Crippen MR) is 83.3 cm³/mol. The molecule has 20 heavy (non-hydrogen) atoms. The van der Waals surface area contributed by atoms with Crippen LogP contribution in [0.25, 0.3) is 0 Å². The van der Waals surface area contributed by atoms with Gasteiger partial charge in [-0.2, -0.15) is 0 Å². The average molecular weight is 275 g/mol. The smallest absolute Gasteiger partial charge is 0.189 e. The van der Waals surface area contributed by atoms with Crippen LogP contribution in [0.3, 0.4) is 0 Å². The Kier molecular flexibility index (Phi) is 3.67. The van der Waals surface area contributed by atoms with Crippen LogP contribution in [0.2, 0.25) is 0 Å². The van der Waals surface area contributed by atoms with E-state index in [0.717, 1.165) is 12.2 Å². The molecule has 0 amide bonds. The topological polar surface area (TPSA) is 59.6 Å². The number of nitrogens with one attached hydrogen (secondary N) is 1. The molecule has 1 aromatic carbocycles. The first-order valence-corrected chi connectivity index (χ1v) is 7.01. The molecule has 0 aliphatic heterocycles. The Morgan fingerprint density at radius 3 is 2.65 bits per heavy atom. The summed E-state index contributed by atoms with van der Waals surface area (Å²) in [5.41, 5.74) is 7.14. The van der Waals surface area contributed by atoms with Crippen LogP contribution in [0.5, 0.6) is 5.75 Å². The van der Waals surface area contributed by atoms with Crippen molar-refractivity contribution < 1.29 is 4.74 Å². The minimum atomic E-state index is -0.0662. The summed E-state index contributed by atoms with van der Waals surface area (Å²) >= 11 is 0. The van der Waals surface area contributed by atoms with Gasteiger partial charge in [-0.1, -0.05) is 25.1 Å². The standard InChI is InChI=1S/C16H25N3O/c1-15(2,3)19-14(17)18-13-10-16(13,4)11-8-6-7-9-12(11)20-5/h6-9,13H,10H2,1-5H3,(H3,17,18,19). The van der Waals surface area contributed by atoms with Crippen molar-refractivity contribution in [1.82, 2.24) is 5.32 Å². The van der Waals surface area contributed by atoms with Gasteiger partial charge in [-0.15, -0.1) is 0 Å². The second-order valence-corrected chi connectivity index (χ2v) is 6.73. The first-order chi connectivity index (χ1) is 9.26. The normalized spacial score (nSPS) is 26.2. The van der Waals surface area contributed by atoms with Crippen molar-refractivity contribution in [2.24, 2.45) is 10.7 Å². The van der Waals surface area contributed by atoms with E-state index in [0.29, 0.717) is 5.96 Å². The van der Waals surface area contributed by atoms with E-state index in [9.17, 15) is 0 Å². The minimum Gasteiger partial charge on any atom is -0.496 e. The van der Waals surface area contributed by atoms with Gasteiger partial charge in [0.2, 0.25) is 0 Å². The first-order valence-electron chi connectivity index (χ1n) is 7.01. The third-order valence-corrected chi connectivity index (χ3v) is 3.71. The molecule has 4 nitrogen and oxygen atoms in total. The van der Waals surface area contributed by atoms with Crippen LogP contribution in [-0.2, 0) is 5.41 Å². The van der Waals surface area contributed by atoms with Crippen LogP contribution in [0, 0.1) is 0 Å². The molecule has 1 aliphatic rings. The molecule has 2 unspecified atom stereocenters. The highest BCUT2D eigenvalue weighted by molar-refractivity contribution is 5.79. The highest BCUT2D eigenvalue weighted by atomic mass is 16.5. The lowest BCUT2D eigenvalue weighted by Crippen LogP contribution is -2.45. The van der Waals surface area contributed by atoms with Gasteiger partial charge in [0.05, 0.1) is 13.2 Å². The molecule has 0 saturated heterocycles. The summed E-state index contributed by atoms with van der Waals surface area (Å²) in [6, 6.07) is 8.35. The Hall–Kier alpha value is -1.71. The molecule has 0 aromatic heterocycles. The Morgan fingerprint density at radius 2 is 2.05 bits per heavy atom. The summed E-state index contributed by atoms with van der Waals surface area (Å²) in [5, 5.41) is 3.20. The van der Waals surface area contributed by atoms with Gasteiger partial charge >= 0.3 is 0 Å². The van der Waals surface area contributed by atoms with E-state index >= 15 is 0 Å². The molecule has 1 aromatic rings. The number of nitrogens with zero attached hydrogens (tertiary/aromatic N) is 1. The van der Waals surface area contributed by atoms with Crippen LogP contribution in [0.15, 0.2) is 29.3 Å². The van der Waals surface area contributed by atoms with Gasteiger partial charge in [-0.05, 0) is 33.3 Å². The number of aliphatic imine (C=N–C) groups is 1. The molecule has 0 heterocycles. The van der Waals surface area contributed by atoms with Crippen LogP contribution in [-0.4, -0.2) is 24.7 Å². The zero-order chi connectivity index (χ0) is 15.0. The SMILES string of the molecule is COc1ccccc1C1(C)CC1N=C(N)NC(C)(C)C. The Balaban J connectivity index is 2.15. The molecule has 1 aliphatic carbocycles. The summed E-state index contributed by atoms with van der Waals surface area (Å²) < 4.78 is 5.45. The Morgan fingerprint density at radius 1 is 1.40 bits per heavy atom. The number of ether oxygens (including phenoxy) is 1. The molecule has 2 atom stereocenters. The molecule has 1 saturated carbocycles. The molecule has 110 valence electrons. The van der Waals surface area contributed by atoms with Crippen LogP contribution < -0.4 is 15.8 Å². The van der Waals surface area contributed by atoms with Crippen molar-refractivity contribution in [3.8, 4) is 5.75 Å². The van der Waals surface area contributed by atoms with Gasteiger partial charge < -0.3 is 15.8 Å². The fraction of sp³-hybridized carbons (Fsp3) is 0.562. The van der Waals surface area contributed by atoms with Crippen LogP contribution in [0.4, 0.5) is 0 Å². The van der Waals surface area contributed by atoms with Gasteiger partial charge in [-0.3, -0.25) is 0 Å². The molecule has 4 heteroatoms. The lowest BCUT2D eigenvalue weighted by atomic mass is 9.96.